The number of carbonyl (C=O) groups excluding carboxylic acids is 1. The number of hydrogen-bond acceptors (Lipinski definition) is 4. The number of benzene rings is 2. The van der Waals surface area contributed by atoms with Crippen LogP contribution in [0.3, 0.4) is 0 Å². The van der Waals surface area contributed by atoms with Crippen molar-refractivity contribution in [3.8, 4) is 5.75 Å². The molecule has 2 aromatic rings. The molecule has 3 rings (SSSR count). The Labute approximate surface area is 160 Å². The summed E-state index contributed by atoms with van der Waals surface area (Å²) in [7, 11) is -3.39. The van der Waals surface area contributed by atoms with Crippen LogP contribution in [0.2, 0.25) is 0 Å². The summed E-state index contributed by atoms with van der Waals surface area (Å²) < 4.78 is 32.3. The second kappa shape index (κ2) is 8.54. The van der Waals surface area contributed by atoms with Crippen molar-refractivity contribution >= 4 is 15.9 Å². The molecular weight excluding hydrogens is 364 g/mol. The maximum absolute atomic E-state index is 12.7. The molecule has 1 heterocycles. The van der Waals surface area contributed by atoms with E-state index in [2.05, 4.69) is 0 Å². The molecule has 0 aliphatic carbocycles. The van der Waals surface area contributed by atoms with Crippen molar-refractivity contribution in [3.63, 3.8) is 0 Å². The zero-order valence-electron chi connectivity index (χ0n) is 15.4. The Balaban J connectivity index is 1.51. The molecule has 0 N–H and O–H groups in total. The molecule has 0 bridgehead atoms. The van der Waals surface area contributed by atoms with E-state index in [4.69, 9.17) is 4.74 Å². The molecule has 1 amide bonds. The number of sulfonamides is 1. The lowest BCUT2D eigenvalue weighted by molar-refractivity contribution is -0.134. The van der Waals surface area contributed by atoms with Crippen LogP contribution in [0.25, 0.3) is 0 Å². The van der Waals surface area contributed by atoms with Gasteiger partial charge >= 0.3 is 0 Å². The smallest absolute Gasteiger partial charge is 0.260 e. The Morgan fingerprint density at radius 3 is 2.37 bits per heavy atom. The van der Waals surface area contributed by atoms with Crippen LogP contribution in [0, 0.1) is 6.92 Å². The molecule has 1 fully saturated rings. The zero-order chi connectivity index (χ0) is 19.3. The molecule has 0 unspecified atom stereocenters. The predicted octanol–water partition coefficient (Wildman–Crippen LogP) is 2.05. The van der Waals surface area contributed by atoms with Crippen LogP contribution in [0.15, 0.2) is 54.6 Å². The largest absolute Gasteiger partial charge is 0.484 e. The lowest BCUT2D eigenvalue weighted by atomic mass is 10.2. The van der Waals surface area contributed by atoms with Crippen molar-refractivity contribution in [1.29, 1.82) is 0 Å². The Bertz CT molecular complexity index is 876. The summed E-state index contributed by atoms with van der Waals surface area (Å²) in [5, 5.41) is 0. The molecule has 1 aliphatic rings. The second-order valence-electron chi connectivity index (χ2n) is 6.63. The highest BCUT2D eigenvalue weighted by Crippen LogP contribution is 2.15. The number of hydrogen-bond donors (Lipinski definition) is 0. The third-order valence-electron chi connectivity index (χ3n) is 4.52. The SMILES string of the molecule is Cc1cccc(CS(=O)(=O)N2CCN(C(=O)COc3ccccc3)CC2)c1. The summed E-state index contributed by atoms with van der Waals surface area (Å²) in [6, 6.07) is 16.7. The van der Waals surface area contributed by atoms with Crippen LogP contribution in [0.4, 0.5) is 0 Å². The molecule has 0 spiro atoms. The van der Waals surface area contributed by atoms with Gasteiger partial charge in [0.15, 0.2) is 6.61 Å². The highest BCUT2D eigenvalue weighted by Gasteiger charge is 2.29. The first-order valence-corrected chi connectivity index (χ1v) is 10.5. The van der Waals surface area contributed by atoms with E-state index in [1.54, 1.807) is 17.0 Å². The summed E-state index contributed by atoms with van der Waals surface area (Å²) in [5.41, 5.74) is 1.82. The minimum absolute atomic E-state index is 0.0141. The van der Waals surface area contributed by atoms with Gasteiger partial charge in [0, 0.05) is 26.2 Å². The van der Waals surface area contributed by atoms with Crippen LogP contribution >= 0.6 is 0 Å². The van der Waals surface area contributed by atoms with Crippen LogP contribution in [-0.4, -0.2) is 56.3 Å². The Morgan fingerprint density at radius 1 is 1.00 bits per heavy atom. The van der Waals surface area contributed by atoms with Crippen LogP contribution in [0.5, 0.6) is 5.75 Å². The van der Waals surface area contributed by atoms with Gasteiger partial charge in [-0.25, -0.2) is 8.42 Å². The number of ether oxygens (including phenoxy) is 1. The Hall–Kier alpha value is -2.38. The maximum atomic E-state index is 12.7. The first-order chi connectivity index (χ1) is 12.9. The molecule has 0 atom stereocenters. The molecule has 27 heavy (non-hydrogen) atoms. The highest BCUT2D eigenvalue weighted by molar-refractivity contribution is 7.88. The van der Waals surface area contributed by atoms with Crippen molar-refractivity contribution in [2.75, 3.05) is 32.8 Å². The van der Waals surface area contributed by atoms with Crippen LogP contribution in [0.1, 0.15) is 11.1 Å². The molecule has 0 radical (unpaired) electrons. The van der Waals surface area contributed by atoms with Gasteiger partial charge in [0.05, 0.1) is 5.75 Å². The van der Waals surface area contributed by atoms with E-state index in [0.29, 0.717) is 31.9 Å². The monoisotopic (exact) mass is 388 g/mol. The van der Waals surface area contributed by atoms with Crippen molar-refractivity contribution in [2.45, 2.75) is 12.7 Å². The van der Waals surface area contributed by atoms with E-state index >= 15 is 0 Å². The summed E-state index contributed by atoms with van der Waals surface area (Å²) in [4.78, 5) is 13.9. The van der Waals surface area contributed by atoms with Gasteiger partial charge in [0.1, 0.15) is 5.75 Å². The maximum Gasteiger partial charge on any atom is 0.260 e. The van der Waals surface area contributed by atoms with Gasteiger partial charge in [-0.05, 0) is 24.6 Å². The van der Waals surface area contributed by atoms with Gasteiger partial charge in [0.25, 0.3) is 5.91 Å². The number of piperazine rings is 1. The van der Waals surface area contributed by atoms with Gasteiger partial charge in [-0.15, -0.1) is 0 Å². The fourth-order valence-corrected chi connectivity index (χ4v) is 4.58. The first-order valence-electron chi connectivity index (χ1n) is 8.93. The predicted molar refractivity (Wildman–Crippen MR) is 104 cm³/mol. The normalized spacial score (nSPS) is 15.5. The Morgan fingerprint density at radius 2 is 1.70 bits per heavy atom. The number of para-hydroxylation sites is 1. The highest BCUT2D eigenvalue weighted by atomic mass is 32.2. The number of nitrogens with zero attached hydrogens (tertiary/aromatic N) is 2. The summed E-state index contributed by atoms with van der Waals surface area (Å²) in [6.07, 6.45) is 0. The molecular formula is C20H24N2O4S. The number of carbonyl (C=O) groups is 1. The standard InChI is InChI=1S/C20H24N2O4S/c1-17-6-5-7-18(14-17)16-27(24,25)22-12-10-21(11-13-22)20(23)15-26-19-8-3-2-4-9-19/h2-9,14H,10-13,15-16H2,1H3. The van der Waals surface area contributed by atoms with Gasteiger partial charge < -0.3 is 9.64 Å². The molecule has 0 aromatic heterocycles. The minimum atomic E-state index is -3.39. The third kappa shape index (κ3) is 5.30. The topological polar surface area (TPSA) is 66.9 Å². The number of amides is 1. The average molecular weight is 388 g/mol. The second-order valence-corrected chi connectivity index (χ2v) is 8.60. The van der Waals surface area contributed by atoms with Crippen molar-refractivity contribution in [2.24, 2.45) is 0 Å². The first kappa shape index (κ1) is 19.4. The van der Waals surface area contributed by atoms with E-state index < -0.39 is 10.0 Å². The van der Waals surface area contributed by atoms with Crippen LogP contribution in [-0.2, 0) is 20.6 Å². The van der Waals surface area contributed by atoms with Gasteiger partial charge in [-0.3, -0.25) is 4.79 Å². The molecule has 1 aliphatic heterocycles. The van der Waals surface area contributed by atoms with Gasteiger partial charge in [-0.2, -0.15) is 4.31 Å². The third-order valence-corrected chi connectivity index (χ3v) is 6.37. The molecule has 144 valence electrons. The number of aryl methyl sites for hydroxylation is 1. The van der Waals surface area contributed by atoms with E-state index in [-0.39, 0.29) is 18.3 Å². The van der Waals surface area contributed by atoms with E-state index in [0.717, 1.165) is 11.1 Å². The minimum Gasteiger partial charge on any atom is -0.484 e. The summed E-state index contributed by atoms with van der Waals surface area (Å²) >= 11 is 0. The average Bonchev–Trinajstić information content (AvgIpc) is 2.67. The lowest BCUT2D eigenvalue weighted by Gasteiger charge is -2.34. The summed E-state index contributed by atoms with van der Waals surface area (Å²) in [5.74, 6) is 0.500. The summed E-state index contributed by atoms with van der Waals surface area (Å²) in [6.45, 7) is 3.28. The fourth-order valence-electron chi connectivity index (χ4n) is 3.07. The zero-order valence-corrected chi connectivity index (χ0v) is 16.2. The van der Waals surface area contributed by atoms with E-state index in [9.17, 15) is 13.2 Å². The molecule has 2 aromatic carbocycles. The quantitative estimate of drug-likeness (QED) is 0.760. The fraction of sp³-hybridized carbons (Fsp3) is 0.350. The Kier molecular flexibility index (Phi) is 6.13. The van der Waals surface area contributed by atoms with Crippen LogP contribution < -0.4 is 4.74 Å². The van der Waals surface area contributed by atoms with E-state index in [1.165, 1.54) is 4.31 Å². The van der Waals surface area contributed by atoms with Gasteiger partial charge in [-0.1, -0.05) is 48.0 Å². The van der Waals surface area contributed by atoms with Gasteiger partial charge in [0.2, 0.25) is 10.0 Å². The number of rotatable bonds is 6. The van der Waals surface area contributed by atoms with Crippen molar-refractivity contribution in [3.05, 3.63) is 65.7 Å². The molecule has 1 saturated heterocycles. The molecule has 0 saturated carbocycles. The molecule has 7 heteroatoms. The van der Waals surface area contributed by atoms with E-state index in [1.807, 2.05) is 49.4 Å². The molecule has 6 nitrogen and oxygen atoms in total. The lowest BCUT2D eigenvalue weighted by Crippen LogP contribution is -2.51. The van der Waals surface area contributed by atoms with Crippen molar-refractivity contribution < 1.29 is 17.9 Å². The van der Waals surface area contributed by atoms with Crippen molar-refractivity contribution in [1.82, 2.24) is 9.21 Å².